The third kappa shape index (κ3) is 19.1. The van der Waals surface area contributed by atoms with Gasteiger partial charge in [-0.1, -0.05) is 117 Å². The maximum Gasteiger partial charge on any atom is 0.452 e. The van der Waals surface area contributed by atoms with E-state index in [-0.39, 0.29) is 18.0 Å². The summed E-state index contributed by atoms with van der Waals surface area (Å²) in [5.74, 6) is 1.08. The van der Waals surface area contributed by atoms with Crippen molar-refractivity contribution < 1.29 is 28.2 Å². The highest BCUT2D eigenvalue weighted by Gasteiger charge is 2.37. The van der Waals surface area contributed by atoms with Gasteiger partial charge in [-0.2, -0.15) is 16.6 Å². The van der Waals surface area contributed by atoms with Crippen LogP contribution in [0.15, 0.2) is 0 Å². The minimum absolute atomic E-state index is 0.158. The molecule has 0 amide bonds. The number of hydrogen-bond donors (Lipinski definition) is 0. The van der Waals surface area contributed by atoms with Crippen LogP contribution in [0.2, 0.25) is 0 Å². The molecule has 3 unspecified atom stereocenters. The third-order valence-corrected chi connectivity index (χ3v) is 9.49. The van der Waals surface area contributed by atoms with Crippen LogP contribution in [0.5, 0.6) is 0 Å². The minimum Gasteiger partial charge on any atom is -0.304 e. The molecule has 0 saturated heterocycles. The summed E-state index contributed by atoms with van der Waals surface area (Å²) in [6, 6.07) is 0. The summed E-state index contributed by atoms with van der Waals surface area (Å²) < 4.78 is 22.4. The average molecular weight is 553 g/mol. The Labute approximate surface area is 227 Å². The highest BCUT2D eigenvalue weighted by Crippen LogP contribution is 2.49. The number of hydrogen-bond acceptors (Lipinski definition) is 7. The lowest BCUT2D eigenvalue weighted by Crippen LogP contribution is -2.25. The largest absolute Gasteiger partial charge is 0.452 e. The van der Waals surface area contributed by atoms with E-state index in [1.54, 1.807) is 0 Å². The SMILES string of the molecule is CCCCCCCCCCCCSC(CCCCCCCC)C(C)OOC(=O)P(=O)(OC)OCCC. The van der Waals surface area contributed by atoms with Gasteiger partial charge in [-0.15, -0.1) is 0 Å². The summed E-state index contributed by atoms with van der Waals surface area (Å²) in [5.41, 5.74) is -1.08. The second-order valence-corrected chi connectivity index (χ2v) is 13.1. The summed E-state index contributed by atoms with van der Waals surface area (Å²) in [6.07, 6.45) is 22.1. The van der Waals surface area contributed by atoms with Crippen molar-refractivity contribution in [3.63, 3.8) is 0 Å². The van der Waals surface area contributed by atoms with Gasteiger partial charge in [-0.25, -0.2) is 9.36 Å². The fourth-order valence-electron chi connectivity index (χ4n) is 4.02. The monoisotopic (exact) mass is 552 g/mol. The highest BCUT2D eigenvalue weighted by molar-refractivity contribution is 7.99. The fourth-order valence-corrected chi connectivity index (χ4v) is 6.26. The van der Waals surface area contributed by atoms with Crippen molar-refractivity contribution in [2.45, 2.75) is 155 Å². The van der Waals surface area contributed by atoms with Crippen LogP contribution >= 0.6 is 19.4 Å². The molecule has 0 spiro atoms. The van der Waals surface area contributed by atoms with E-state index in [4.69, 9.17) is 18.8 Å². The van der Waals surface area contributed by atoms with Gasteiger partial charge in [0.25, 0.3) is 0 Å². The molecule has 0 radical (unpaired) electrons. The van der Waals surface area contributed by atoms with E-state index in [9.17, 15) is 9.36 Å². The van der Waals surface area contributed by atoms with Crippen molar-refractivity contribution in [2.75, 3.05) is 19.5 Å². The van der Waals surface area contributed by atoms with Gasteiger partial charge in [-0.3, -0.25) is 4.89 Å². The van der Waals surface area contributed by atoms with Crippen molar-refractivity contribution in [1.82, 2.24) is 0 Å². The molecule has 0 aliphatic heterocycles. The zero-order valence-corrected chi connectivity index (χ0v) is 25.8. The highest BCUT2D eigenvalue weighted by atomic mass is 32.2. The van der Waals surface area contributed by atoms with E-state index in [1.165, 1.54) is 103 Å². The van der Waals surface area contributed by atoms with Gasteiger partial charge in [0.05, 0.1) is 6.61 Å². The summed E-state index contributed by atoms with van der Waals surface area (Å²) >= 11 is 1.91. The molecular formula is C28H57O6PS. The van der Waals surface area contributed by atoms with E-state index < -0.39 is 13.3 Å². The maximum absolute atomic E-state index is 12.5. The summed E-state index contributed by atoms with van der Waals surface area (Å²) in [7, 11) is -2.79. The van der Waals surface area contributed by atoms with Crippen molar-refractivity contribution in [2.24, 2.45) is 0 Å². The molecule has 0 aromatic carbocycles. The van der Waals surface area contributed by atoms with Crippen LogP contribution in [0.3, 0.4) is 0 Å². The van der Waals surface area contributed by atoms with Crippen LogP contribution in [0.4, 0.5) is 4.79 Å². The standard InChI is InChI=1S/C28H57O6PS/c1-6-9-11-13-15-16-17-18-20-22-25-36-27(23-21-19-14-12-10-7-2)26(4)33-34-28(29)35(30,31-5)32-24-8-3/h26-27H,6-25H2,1-5H3. The third-order valence-electron chi connectivity index (χ3n) is 6.40. The number of carbonyl (C=O) groups is 1. The van der Waals surface area contributed by atoms with Gasteiger partial charge in [0.15, 0.2) is 0 Å². The first-order chi connectivity index (χ1) is 17.4. The van der Waals surface area contributed by atoms with E-state index in [0.717, 1.165) is 18.6 Å². The molecule has 0 saturated carbocycles. The maximum atomic E-state index is 12.5. The number of rotatable bonds is 27. The lowest BCUT2D eigenvalue weighted by molar-refractivity contribution is -0.262. The van der Waals surface area contributed by atoms with Crippen LogP contribution in [0.1, 0.15) is 143 Å². The van der Waals surface area contributed by atoms with Gasteiger partial charge in [0, 0.05) is 12.4 Å². The quantitative estimate of drug-likeness (QED) is 0.0434. The number of unbranched alkanes of at least 4 members (excludes halogenated alkanes) is 14. The molecular weight excluding hydrogens is 495 g/mol. The number of thioether (sulfide) groups is 1. The Bertz CT molecular complexity index is 548. The topological polar surface area (TPSA) is 71.1 Å². The molecule has 0 fully saturated rings. The number of carbonyl (C=O) groups excluding carboxylic acids is 1. The van der Waals surface area contributed by atoms with Gasteiger partial charge >= 0.3 is 13.3 Å². The molecule has 3 atom stereocenters. The van der Waals surface area contributed by atoms with Crippen LogP contribution in [0.25, 0.3) is 0 Å². The van der Waals surface area contributed by atoms with E-state index >= 15 is 0 Å². The van der Waals surface area contributed by atoms with Gasteiger partial charge in [0.2, 0.25) is 0 Å². The first-order valence-electron chi connectivity index (χ1n) is 14.7. The van der Waals surface area contributed by atoms with Crippen LogP contribution in [-0.2, 0) is 23.4 Å². The van der Waals surface area contributed by atoms with Gasteiger partial charge in [-0.05, 0) is 31.9 Å². The second-order valence-electron chi connectivity index (χ2n) is 9.81. The molecule has 216 valence electrons. The lowest BCUT2D eigenvalue weighted by Gasteiger charge is -2.23. The predicted octanol–water partition coefficient (Wildman–Crippen LogP) is 10.5. The Morgan fingerprint density at radius 1 is 0.750 bits per heavy atom. The molecule has 0 aromatic rings. The summed E-state index contributed by atoms with van der Waals surface area (Å²) in [5, 5.41) is 0.223. The Morgan fingerprint density at radius 3 is 1.75 bits per heavy atom. The second kappa shape index (κ2) is 25.2. The van der Waals surface area contributed by atoms with Crippen LogP contribution in [-0.4, -0.2) is 36.5 Å². The molecule has 0 bridgehead atoms. The summed E-state index contributed by atoms with van der Waals surface area (Å²) in [6.45, 7) is 8.44. The summed E-state index contributed by atoms with van der Waals surface area (Å²) in [4.78, 5) is 22.7. The molecule has 0 N–H and O–H groups in total. The Hall–Kier alpha value is -0.0700. The smallest absolute Gasteiger partial charge is 0.304 e. The fraction of sp³-hybridized carbons (Fsp3) is 0.964. The zero-order chi connectivity index (χ0) is 26.9. The first-order valence-corrected chi connectivity index (χ1v) is 17.3. The molecule has 0 heterocycles. The van der Waals surface area contributed by atoms with E-state index in [0.29, 0.717) is 6.42 Å². The zero-order valence-electron chi connectivity index (χ0n) is 24.1. The molecule has 0 rings (SSSR count). The Balaban J connectivity index is 4.43. The van der Waals surface area contributed by atoms with Crippen molar-refractivity contribution in [3.8, 4) is 0 Å². The Kier molecular flexibility index (Phi) is 25.2. The molecule has 0 aromatic heterocycles. The minimum atomic E-state index is -3.97. The van der Waals surface area contributed by atoms with E-state index in [1.807, 2.05) is 25.6 Å². The molecule has 6 nitrogen and oxygen atoms in total. The molecule has 0 aliphatic rings. The van der Waals surface area contributed by atoms with Gasteiger partial charge < -0.3 is 9.05 Å². The lowest BCUT2D eigenvalue weighted by atomic mass is 10.1. The molecule has 36 heavy (non-hydrogen) atoms. The molecule has 8 heteroatoms. The molecule has 0 aliphatic carbocycles. The average Bonchev–Trinajstić information content (AvgIpc) is 2.89. The van der Waals surface area contributed by atoms with Crippen molar-refractivity contribution in [1.29, 1.82) is 0 Å². The van der Waals surface area contributed by atoms with Crippen molar-refractivity contribution in [3.05, 3.63) is 0 Å². The predicted molar refractivity (Wildman–Crippen MR) is 154 cm³/mol. The normalized spacial score (nSPS) is 14.9. The van der Waals surface area contributed by atoms with Crippen LogP contribution in [0, 0.1) is 0 Å². The van der Waals surface area contributed by atoms with Crippen molar-refractivity contribution >= 4 is 25.1 Å². The first kappa shape index (κ1) is 35.9. The van der Waals surface area contributed by atoms with E-state index in [2.05, 4.69) is 13.8 Å². The van der Waals surface area contributed by atoms with Crippen LogP contribution < -0.4 is 0 Å². The van der Waals surface area contributed by atoms with Gasteiger partial charge in [0.1, 0.15) is 6.10 Å². The Morgan fingerprint density at radius 2 is 1.25 bits per heavy atom.